The van der Waals surface area contributed by atoms with E-state index in [4.69, 9.17) is 4.74 Å². The Morgan fingerprint density at radius 3 is 2.82 bits per heavy atom. The van der Waals surface area contributed by atoms with Gasteiger partial charge in [0.25, 0.3) is 0 Å². The lowest BCUT2D eigenvalue weighted by atomic mass is 9.89. The summed E-state index contributed by atoms with van der Waals surface area (Å²) in [6, 6.07) is 2.60. The Bertz CT molecular complexity index is 383. The number of ether oxygens (including phenoxy) is 1. The molecule has 0 aliphatic carbocycles. The second kappa shape index (κ2) is 6.15. The first kappa shape index (κ1) is 14.0. The van der Waals surface area contributed by atoms with Crippen molar-refractivity contribution in [2.45, 2.75) is 32.4 Å². The lowest BCUT2D eigenvalue weighted by Gasteiger charge is -2.26. The van der Waals surface area contributed by atoms with Gasteiger partial charge in [-0.1, -0.05) is 6.92 Å². The lowest BCUT2D eigenvalue weighted by Crippen LogP contribution is -2.31. The third-order valence-electron chi connectivity index (χ3n) is 3.31. The molecule has 3 unspecified atom stereocenters. The molecular formula is C12H17Br2NOS. The van der Waals surface area contributed by atoms with Crippen LogP contribution in [-0.4, -0.2) is 19.3 Å². The first-order valence-corrected chi connectivity index (χ1v) is 8.33. The molecule has 1 saturated heterocycles. The summed E-state index contributed by atoms with van der Waals surface area (Å²) in [7, 11) is 0. The maximum atomic E-state index is 5.70. The maximum Gasteiger partial charge on any atom is 0.0758 e. The number of hydrogen-bond donors (Lipinski definition) is 1. The normalized spacial score (nSPS) is 26.4. The summed E-state index contributed by atoms with van der Waals surface area (Å²) in [5, 5.41) is 3.60. The molecule has 1 aliphatic heterocycles. The molecule has 0 spiro atoms. The van der Waals surface area contributed by atoms with Gasteiger partial charge in [-0.25, -0.2) is 0 Å². The van der Waals surface area contributed by atoms with Crippen LogP contribution in [0.3, 0.4) is 0 Å². The van der Waals surface area contributed by atoms with E-state index in [1.807, 2.05) is 0 Å². The van der Waals surface area contributed by atoms with Crippen LogP contribution in [0.5, 0.6) is 0 Å². The topological polar surface area (TPSA) is 21.3 Å². The Balaban J connectivity index is 2.25. The van der Waals surface area contributed by atoms with Gasteiger partial charge in [0.15, 0.2) is 0 Å². The van der Waals surface area contributed by atoms with Gasteiger partial charge in [-0.05, 0) is 63.4 Å². The van der Waals surface area contributed by atoms with Crippen molar-refractivity contribution in [2.24, 2.45) is 5.92 Å². The quantitative estimate of drug-likeness (QED) is 0.835. The molecule has 0 bridgehead atoms. The average molecular weight is 383 g/mol. The van der Waals surface area contributed by atoms with E-state index in [9.17, 15) is 0 Å². The third-order valence-corrected chi connectivity index (χ3v) is 5.69. The largest absolute Gasteiger partial charge is 0.378 e. The molecule has 1 fully saturated rings. The molecule has 2 rings (SSSR count). The van der Waals surface area contributed by atoms with Gasteiger partial charge in [0, 0.05) is 18.6 Å². The summed E-state index contributed by atoms with van der Waals surface area (Å²) in [6.45, 7) is 6.20. The van der Waals surface area contributed by atoms with Crippen molar-refractivity contribution in [1.29, 1.82) is 0 Å². The van der Waals surface area contributed by atoms with E-state index in [0.717, 1.165) is 19.6 Å². The molecule has 0 aromatic carbocycles. The number of hydrogen-bond acceptors (Lipinski definition) is 3. The van der Waals surface area contributed by atoms with Crippen molar-refractivity contribution >= 4 is 43.2 Å². The van der Waals surface area contributed by atoms with E-state index in [0.29, 0.717) is 18.1 Å². The van der Waals surface area contributed by atoms with Crippen LogP contribution in [0.2, 0.25) is 0 Å². The Hall–Kier alpha value is 0.580. The zero-order valence-electron chi connectivity index (χ0n) is 10.0. The predicted octanol–water partition coefficient (Wildman–Crippen LogP) is 4.35. The third kappa shape index (κ3) is 3.13. The van der Waals surface area contributed by atoms with Gasteiger partial charge in [0.05, 0.1) is 13.7 Å². The number of thiophene rings is 1. The van der Waals surface area contributed by atoms with Gasteiger partial charge in [0.1, 0.15) is 0 Å². The molecule has 96 valence electrons. The van der Waals surface area contributed by atoms with Gasteiger partial charge >= 0.3 is 0 Å². The maximum absolute atomic E-state index is 5.70. The summed E-state index contributed by atoms with van der Waals surface area (Å²) in [5.41, 5.74) is 1.35. The fourth-order valence-electron chi connectivity index (χ4n) is 2.46. The Kier molecular flexibility index (Phi) is 5.06. The lowest BCUT2D eigenvalue weighted by molar-refractivity contribution is 0.0955. The van der Waals surface area contributed by atoms with Crippen molar-refractivity contribution in [2.75, 3.05) is 13.2 Å². The molecule has 3 atom stereocenters. The average Bonchev–Trinajstić information content (AvgIpc) is 2.82. The highest BCUT2D eigenvalue weighted by molar-refractivity contribution is 9.12. The van der Waals surface area contributed by atoms with Crippen LogP contribution in [0, 0.1) is 5.92 Å². The Morgan fingerprint density at radius 1 is 1.59 bits per heavy atom. The monoisotopic (exact) mass is 381 g/mol. The van der Waals surface area contributed by atoms with Gasteiger partial charge in [-0.3, -0.25) is 0 Å². The second-order valence-electron chi connectivity index (χ2n) is 4.34. The highest BCUT2D eigenvalue weighted by Crippen LogP contribution is 2.41. The zero-order valence-corrected chi connectivity index (χ0v) is 14.0. The zero-order chi connectivity index (χ0) is 12.4. The van der Waals surface area contributed by atoms with E-state index in [1.54, 1.807) is 11.3 Å². The number of rotatable bonds is 4. The summed E-state index contributed by atoms with van der Waals surface area (Å²) in [6.07, 6.45) is 1.48. The molecule has 1 aromatic rings. The summed E-state index contributed by atoms with van der Waals surface area (Å²) in [5.74, 6) is 0.563. The molecule has 1 aromatic heterocycles. The fraction of sp³-hybridized carbons (Fsp3) is 0.667. The predicted molar refractivity (Wildman–Crippen MR) is 79.7 cm³/mol. The van der Waals surface area contributed by atoms with Crippen LogP contribution in [0.1, 0.15) is 31.9 Å². The van der Waals surface area contributed by atoms with Crippen molar-refractivity contribution in [3.05, 3.63) is 19.2 Å². The summed E-state index contributed by atoms with van der Waals surface area (Å²) in [4.78, 5) is 0. The highest BCUT2D eigenvalue weighted by Gasteiger charge is 2.33. The molecule has 1 N–H and O–H groups in total. The molecule has 5 heteroatoms. The molecule has 17 heavy (non-hydrogen) atoms. The molecule has 1 aliphatic rings. The first-order valence-electron chi connectivity index (χ1n) is 5.93. The number of nitrogens with one attached hydrogen (secondary N) is 1. The second-order valence-corrected chi connectivity index (χ2v) is 8.09. The smallest absolute Gasteiger partial charge is 0.0758 e. The minimum absolute atomic E-state index is 0.338. The van der Waals surface area contributed by atoms with Gasteiger partial charge in [0.2, 0.25) is 0 Å². The molecule has 2 nitrogen and oxygen atoms in total. The molecular weight excluding hydrogens is 366 g/mol. The summed E-state index contributed by atoms with van der Waals surface area (Å²) >= 11 is 8.95. The van der Waals surface area contributed by atoms with Crippen molar-refractivity contribution in [3.63, 3.8) is 0 Å². The van der Waals surface area contributed by atoms with Crippen LogP contribution in [0.15, 0.2) is 13.6 Å². The van der Waals surface area contributed by atoms with Crippen LogP contribution in [0.4, 0.5) is 0 Å². The molecule has 0 amide bonds. The van der Waals surface area contributed by atoms with Crippen molar-refractivity contribution < 1.29 is 4.74 Å². The van der Waals surface area contributed by atoms with Crippen molar-refractivity contribution in [1.82, 2.24) is 5.32 Å². The minimum atomic E-state index is 0.338. The van der Waals surface area contributed by atoms with Gasteiger partial charge in [-0.2, -0.15) is 0 Å². The highest BCUT2D eigenvalue weighted by atomic mass is 79.9. The van der Waals surface area contributed by atoms with Crippen LogP contribution in [0.25, 0.3) is 0 Å². The molecule has 2 heterocycles. The van der Waals surface area contributed by atoms with E-state index in [-0.39, 0.29) is 0 Å². The van der Waals surface area contributed by atoms with E-state index < -0.39 is 0 Å². The van der Waals surface area contributed by atoms with Gasteiger partial charge < -0.3 is 10.1 Å². The van der Waals surface area contributed by atoms with Crippen LogP contribution >= 0.6 is 43.2 Å². The van der Waals surface area contributed by atoms with Gasteiger partial charge in [-0.15, -0.1) is 11.3 Å². The first-order chi connectivity index (χ1) is 8.13. The Labute approximate surface area is 123 Å². The van der Waals surface area contributed by atoms with E-state index >= 15 is 0 Å². The Morgan fingerprint density at radius 2 is 2.35 bits per heavy atom. The SMILES string of the molecule is CCNC(c1cc(Br)sc1Br)C1CCOC1C. The van der Waals surface area contributed by atoms with E-state index in [2.05, 4.69) is 57.1 Å². The summed E-state index contributed by atoms with van der Waals surface area (Å²) < 4.78 is 8.09. The van der Waals surface area contributed by atoms with E-state index in [1.165, 1.54) is 13.1 Å². The van der Waals surface area contributed by atoms with Crippen molar-refractivity contribution in [3.8, 4) is 0 Å². The fourth-order valence-corrected chi connectivity index (χ4v) is 5.39. The van der Waals surface area contributed by atoms with Crippen LogP contribution < -0.4 is 5.32 Å². The molecule has 0 saturated carbocycles. The minimum Gasteiger partial charge on any atom is -0.378 e. The standard InChI is InChI=1S/C12H17Br2NOS/c1-3-15-11(8-4-5-16-7(8)2)9-6-10(13)17-12(9)14/h6-8,11,15H,3-5H2,1-2H3. The number of halogens is 2. The molecule has 0 radical (unpaired) electrons. The van der Waals surface area contributed by atoms with Crippen LogP contribution in [-0.2, 0) is 4.74 Å².